The first-order chi connectivity index (χ1) is 9.34. The zero-order chi connectivity index (χ0) is 13.3. The van der Waals surface area contributed by atoms with E-state index < -0.39 is 0 Å². The molecule has 1 aliphatic carbocycles. The average Bonchev–Trinajstić information content (AvgIpc) is 2.93. The van der Waals surface area contributed by atoms with Crippen LogP contribution in [0.4, 0.5) is 0 Å². The third kappa shape index (κ3) is 5.94. The minimum absolute atomic E-state index is 0.266. The molecule has 2 N–H and O–H groups in total. The number of carbonyl (C=O) groups is 1. The molecule has 0 radical (unpaired) electrons. The van der Waals surface area contributed by atoms with Gasteiger partial charge in [-0.2, -0.15) is 0 Å². The first-order valence-corrected chi connectivity index (χ1v) is 8.32. The number of rotatable bonds is 7. The summed E-state index contributed by atoms with van der Waals surface area (Å²) in [4.78, 5) is 11.7. The number of carbonyl (C=O) groups excluding carboxylic acids is 1. The zero-order valence-electron chi connectivity index (χ0n) is 12.3. The molecule has 1 aliphatic heterocycles. The second-order valence-electron chi connectivity index (χ2n) is 6.39. The summed E-state index contributed by atoms with van der Waals surface area (Å²) in [7, 11) is 0. The van der Waals surface area contributed by atoms with Crippen LogP contribution in [0.2, 0.25) is 0 Å². The van der Waals surface area contributed by atoms with Gasteiger partial charge in [-0.1, -0.05) is 32.1 Å². The van der Waals surface area contributed by atoms with Crippen LogP contribution in [0.1, 0.15) is 64.2 Å². The third-order valence-corrected chi connectivity index (χ3v) is 4.78. The molecule has 1 saturated carbocycles. The Kier molecular flexibility index (Phi) is 6.69. The molecule has 2 aliphatic rings. The van der Waals surface area contributed by atoms with Gasteiger partial charge in [0.2, 0.25) is 5.91 Å². The lowest BCUT2D eigenvalue weighted by molar-refractivity contribution is -0.121. The van der Waals surface area contributed by atoms with E-state index in [0.29, 0.717) is 0 Å². The summed E-state index contributed by atoms with van der Waals surface area (Å²) in [5, 5.41) is 6.45. The first-order valence-electron chi connectivity index (χ1n) is 8.32. The maximum absolute atomic E-state index is 11.7. The molecule has 1 saturated heterocycles. The number of hydrogen-bond acceptors (Lipinski definition) is 2. The van der Waals surface area contributed by atoms with E-state index in [2.05, 4.69) is 10.6 Å². The van der Waals surface area contributed by atoms with E-state index in [0.717, 1.165) is 50.7 Å². The highest BCUT2D eigenvalue weighted by Crippen LogP contribution is 2.27. The van der Waals surface area contributed by atoms with Gasteiger partial charge in [0.15, 0.2) is 0 Å². The summed E-state index contributed by atoms with van der Waals surface area (Å²) in [6, 6.07) is 0. The van der Waals surface area contributed by atoms with Crippen LogP contribution >= 0.6 is 0 Å². The molecule has 3 nitrogen and oxygen atoms in total. The fourth-order valence-corrected chi connectivity index (χ4v) is 3.49. The minimum atomic E-state index is 0.266. The largest absolute Gasteiger partial charge is 0.356 e. The Bertz CT molecular complexity index is 255. The van der Waals surface area contributed by atoms with Crippen LogP contribution in [0.5, 0.6) is 0 Å². The number of nitrogens with one attached hydrogen (secondary N) is 2. The van der Waals surface area contributed by atoms with Crippen LogP contribution in [-0.4, -0.2) is 25.5 Å². The smallest absolute Gasteiger partial charge is 0.219 e. The van der Waals surface area contributed by atoms with Gasteiger partial charge < -0.3 is 10.6 Å². The van der Waals surface area contributed by atoms with Crippen LogP contribution in [0, 0.1) is 11.8 Å². The van der Waals surface area contributed by atoms with Crippen molar-refractivity contribution >= 4 is 5.91 Å². The molecule has 110 valence electrons. The summed E-state index contributed by atoms with van der Waals surface area (Å²) < 4.78 is 0. The Hall–Kier alpha value is -0.570. The minimum Gasteiger partial charge on any atom is -0.356 e. The highest BCUT2D eigenvalue weighted by molar-refractivity contribution is 5.75. The van der Waals surface area contributed by atoms with E-state index in [4.69, 9.17) is 0 Å². The quantitative estimate of drug-likeness (QED) is 0.744. The van der Waals surface area contributed by atoms with Gasteiger partial charge in [-0.25, -0.2) is 0 Å². The fraction of sp³-hybridized carbons (Fsp3) is 0.938. The second-order valence-corrected chi connectivity index (χ2v) is 6.39. The van der Waals surface area contributed by atoms with E-state index in [1.54, 1.807) is 0 Å². The van der Waals surface area contributed by atoms with Crippen molar-refractivity contribution in [2.75, 3.05) is 19.6 Å². The molecule has 19 heavy (non-hydrogen) atoms. The molecule has 0 aromatic carbocycles. The normalized spacial score (nSPS) is 24.5. The Balaban J connectivity index is 1.44. The molecule has 1 amide bonds. The van der Waals surface area contributed by atoms with Gasteiger partial charge in [-0.15, -0.1) is 0 Å². The summed E-state index contributed by atoms with van der Waals surface area (Å²) in [6.45, 7) is 3.16. The van der Waals surface area contributed by atoms with Crippen molar-refractivity contribution in [1.82, 2.24) is 10.6 Å². The Morgan fingerprint density at radius 2 is 1.89 bits per heavy atom. The SMILES string of the molecule is O=C(CCCC1CCCCC1)NCCC1CCNC1. The van der Waals surface area contributed by atoms with Crippen LogP contribution in [0.15, 0.2) is 0 Å². The van der Waals surface area contributed by atoms with Gasteiger partial charge in [-0.05, 0) is 50.6 Å². The third-order valence-electron chi connectivity index (χ3n) is 4.78. The highest BCUT2D eigenvalue weighted by Gasteiger charge is 2.15. The second kappa shape index (κ2) is 8.57. The van der Waals surface area contributed by atoms with E-state index >= 15 is 0 Å². The van der Waals surface area contributed by atoms with Crippen LogP contribution in [-0.2, 0) is 4.79 Å². The molecule has 0 spiro atoms. The average molecular weight is 266 g/mol. The van der Waals surface area contributed by atoms with E-state index in [9.17, 15) is 4.79 Å². The van der Waals surface area contributed by atoms with Gasteiger partial charge in [0.05, 0.1) is 0 Å². The number of amides is 1. The molecule has 3 heteroatoms. The summed E-state index contributed by atoms with van der Waals surface area (Å²) >= 11 is 0. The Morgan fingerprint density at radius 1 is 1.05 bits per heavy atom. The molecular formula is C16H30N2O. The van der Waals surface area contributed by atoms with Crippen molar-refractivity contribution in [3.63, 3.8) is 0 Å². The van der Waals surface area contributed by atoms with Crippen molar-refractivity contribution in [2.45, 2.75) is 64.2 Å². The van der Waals surface area contributed by atoms with E-state index in [-0.39, 0.29) is 5.91 Å². The maximum Gasteiger partial charge on any atom is 0.219 e. The lowest BCUT2D eigenvalue weighted by atomic mass is 9.86. The molecule has 1 unspecified atom stereocenters. The first kappa shape index (κ1) is 14.8. The van der Waals surface area contributed by atoms with Crippen molar-refractivity contribution in [3.05, 3.63) is 0 Å². The van der Waals surface area contributed by atoms with Gasteiger partial charge in [0.1, 0.15) is 0 Å². The van der Waals surface area contributed by atoms with Gasteiger partial charge in [-0.3, -0.25) is 4.79 Å². The predicted octanol–water partition coefficient (Wildman–Crippen LogP) is 2.85. The summed E-state index contributed by atoms with van der Waals surface area (Å²) in [5.74, 6) is 1.95. The standard InChI is InChI=1S/C16H30N2O/c19-16(18-12-10-15-9-11-17-13-15)8-4-7-14-5-2-1-3-6-14/h14-15,17H,1-13H2,(H,18,19). The van der Waals surface area contributed by atoms with E-state index in [1.807, 2.05) is 0 Å². The molecule has 2 rings (SSSR count). The summed E-state index contributed by atoms with van der Waals surface area (Å²) in [5.41, 5.74) is 0. The van der Waals surface area contributed by atoms with E-state index in [1.165, 1.54) is 44.9 Å². The van der Waals surface area contributed by atoms with Crippen LogP contribution < -0.4 is 10.6 Å². The molecule has 1 atom stereocenters. The molecule has 0 aromatic heterocycles. The molecule has 2 fully saturated rings. The van der Waals surface area contributed by atoms with Crippen molar-refractivity contribution in [2.24, 2.45) is 11.8 Å². The van der Waals surface area contributed by atoms with Crippen LogP contribution in [0.25, 0.3) is 0 Å². The predicted molar refractivity (Wildman–Crippen MR) is 79.0 cm³/mol. The van der Waals surface area contributed by atoms with Gasteiger partial charge in [0, 0.05) is 13.0 Å². The van der Waals surface area contributed by atoms with Crippen LogP contribution in [0.3, 0.4) is 0 Å². The van der Waals surface area contributed by atoms with Gasteiger partial charge >= 0.3 is 0 Å². The highest BCUT2D eigenvalue weighted by atomic mass is 16.1. The van der Waals surface area contributed by atoms with Crippen molar-refractivity contribution in [3.8, 4) is 0 Å². The molecule has 0 bridgehead atoms. The summed E-state index contributed by atoms with van der Waals surface area (Å²) in [6.07, 6.45) is 12.5. The number of hydrogen-bond donors (Lipinski definition) is 2. The molecular weight excluding hydrogens is 236 g/mol. The molecule has 1 heterocycles. The lowest BCUT2D eigenvalue weighted by Crippen LogP contribution is -2.26. The lowest BCUT2D eigenvalue weighted by Gasteiger charge is -2.21. The fourth-order valence-electron chi connectivity index (χ4n) is 3.49. The Labute approximate surface area is 117 Å². The van der Waals surface area contributed by atoms with Gasteiger partial charge in [0.25, 0.3) is 0 Å². The zero-order valence-corrected chi connectivity index (χ0v) is 12.3. The monoisotopic (exact) mass is 266 g/mol. The molecule has 0 aromatic rings. The van der Waals surface area contributed by atoms with Crippen molar-refractivity contribution in [1.29, 1.82) is 0 Å². The maximum atomic E-state index is 11.7. The van der Waals surface area contributed by atoms with Crippen molar-refractivity contribution < 1.29 is 4.79 Å². The Morgan fingerprint density at radius 3 is 2.63 bits per heavy atom. The topological polar surface area (TPSA) is 41.1 Å².